The van der Waals surface area contributed by atoms with E-state index in [0.29, 0.717) is 41.1 Å². The third-order valence-electron chi connectivity index (χ3n) is 5.62. The summed E-state index contributed by atoms with van der Waals surface area (Å²) >= 11 is 14.0. The lowest BCUT2D eigenvalue weighted by Crippen LogP contribution is -2.51. The predicted octanol–water partition coefficient (Wildman–Crippen LogP) is 6.89. The zero-order valence-corrected chi connectivity index (χ0v) is 23.0. The monoisotopic (exact) mass is 542 g/mol. The van der Waals surface area contributed by atoms with E-state index < -0.39 is 6.04 Å². The summed E-state index contributed by atoms with van der Waals surface area (Å²) in [5.74, 6) is 0.682. The van der Waals surface area contributed by atoms with Gasteiger partial charge in [0.25, 0.3) is 0 Å². The Morgan fingerprint density at radius 3 is 2.19 bits per heavy atom. The van der Waals surface area contributed by atoms with Gasteiger partial charge in [-0.25, -0.2) is 0 Å². The van der Waals surface area contributed by atoms with Gasteiger partial charge >= 0.3 is 0 Å². The highest BCUT2D eigenvalue weighted by molar-refractivity contribution is 7.99. The molecule has 2 amide bonds. The van der Waals surface area contributed by atoms with Crippen molar-refractivity contribution < 1.29 is 9.59 Å². The van der Waals surface area contributed by atoms with Gasteiger partial charge in [0.2, 0.25) is 11.8 Å². The molecule has 0 fully saturated rings. The molecule has 36 heavy (non-hydrogen) atoms. The van der Waals surface area contributed by atoms with E-state index in [1.165, 1.54) is 0 Å². The molecule has 0 saturated carbocycles. The first kappa shape index (κ1) is 28.1. The van der Waals surface area contributed by atoms with Crippen LogP contribution in [0.25, 0.3) is 0 Å². The molecule has 0 radical (unpaired) electrons. The molecular formula is C29H32Cl2N2O2S. The number of halogens is 2. The minimum Gasteiger partial charge on any atom is -0.354 e. The second-order valence-corrected chi connectivity index (χ2v) is 11.0. The Kier molecular flexibility index (Phi) is 11.2. The smallest absolute Gasteiger partial charge is 0.243 e. The molecule has 7 heteroatoms. The SMILES string of the molecule is CC(C)CNC(=O)[C@@H](Cc1ccccc1)N(Cc1ccc(Cl)c(Cl)c1)C(=O)CCSc1ccccc1. The van der Waals surface area contributed by atoms with E-state index in [-0.39, 0.29) is 18.4 Å². The van der Waals surface area contributed by atoms with Gasteiger partial charge in [-0.15, -0.1) is 11.8 Å². The Morgan fingerprint density at radius 2 is 1.56 bits per heavy atom. The van der Waals surface area contributed by atoms with Gasteiger partial charge in [-0.3, -0.25) is 9.59 Å². The van der Waals surface area contributed by atoms with Crippen molar-refractivity contribution in [1.82, 2.24) is 10.2 Å². The molecule has 1 N–H and O–H groups in total. The van der Waals surface area contributed by atoms with Crippen LogP contribution in [-0.4, -0.2) is 35.1 Å². The zero-order chi connectivity index (χ0) is 25.9. The van der Waals surface area contributed by atoms with Crippen molar-refractivity contribution in [2.24, 2.45) is 5.92 Å². The van der Waals surface area contributed by atoms with Crippen LogP contribution in [0.2, 0.25) is 10.0 Å². The summed E-state index contributed by atoms with van der Waals surface area (Å²) in [7, 11) is 0. The first-order valence-corrected chi connectivity index (χ1v) is 13.8. The van der Waals surface area contributed by atoms with Crippen LogP contribution in [0.4, 0.5) is 0 Å². The fourth-order valence-electron chi connectivity index (χ4n) is 3.73. The first-order chi connectivity index (χ1) is 17.3. The van der Waals surface area contributed by atoms with Gasteiger partial charge in [0.1, 0.15) is 6.04 Å². The largest absolute Gasteiger partial charge is 0.354 e. The summed E-state index contributed by atoms with van der Waals surface area (Å²) in [6.45, 7) is 4.90. The van der Waals surface area contributed by atoms with Gasteiger partial charge in [-0.05, 0) is 41.3 Å². The molecule has 0 unspecified atom stereocenters. The molecule has 3 rings (SSSR count). The maximum atomic E-state index is 13.6. The molecule has 0 bridgehead atoms. The van der Waals surface area contributed by atoms with E-state index >= 15 is 0 Å². The molecule has 3 aromatic rings. The topological polar surface area (TPSA) is 49.4 Å². The number of carbonyl (C=O) groups excluding carboxylic acids is 2. The highest BCUT2D eigenvalue weighted by atomic mass is 35.5. The fourth-order valence-corrected chi connectivity index (χ4v) is 4.91. The summed E-state index contributed by atoms with van der Waals surface area (Å²) in [4.78, 5) is 29.9. The maximum Gasteiger partial charge on any atom is 0.243 e. The number of hydrogen-bond donors (Lipinski definition) is 1. The Bertz CT molecular complexity index is 1130. The van der Waals surface area contributed by atoms with Gasteiger partial charge in [0.15, 0.2) is 0 Å². The van der Waals surface area contributed by atoms with Crippen LogP contribution in [-0.2, 0) is 22.6 Å². The van der Waals surface area contributed by atoms with Crippen LogP contribution < -0.4 is 5.32 Å². The number of thioether (sulfide) groups is 1. The number of hydrogen-bond acceptors (Lipinski definition) is 3. The molecule has 0 aliphatic heterocycles. The number of nitrogens with one attached hydrogen (secondary N) is 1. The zero-order valence-electron chi connectivity index (χ0n) is 20.6. The lowest BCUT2D eigenvalue weighted by atomic mass is 10.0. The Morgan fingerprint density at radius 1 is 0.889 bits per heavy atom. The van der Waals surface area contributed by atoms with E-state index in [2.05, 4.69) is 5.32 Å². The fraction of sp³-hybridized carbons (Fsp3) is 0.310. The second-order valence-electron chi connectivity index (χ2n) is 9.03. The minimum atomic E-state index is -0.658. The molecule has 4 nitrogen and oxygen atoms in total. The van der Waals surface area contributed by atoms with Crippen molar-refractivity contribution in [3.63, 3.8) is 0 Å². The summed E-state index contributed by atoms with van der Waals surface area (Å²) in [6, 6.07) is 24.5. The average molecular weight is 544 g/mol. The minimum absolute atomic E-state index is 0.0786. The molecule has 0 aliphatic carbocycles. The standard InChI is InChI=1S/C29H32Cl2N2O2S/c1-21(2)19-32-29(35)27(18-22-9-5-3-6-10-22)33(20-23-13-14-25(30)26(31)17-23)28(34)15-16-36-24-11-7-4-8-12-24/h3-14,17,21,27H,15-16,18-20H2,1-2H3,(H,32,35)/t27-/m1/s1. The summed E-state index contributed by atoms with van der Waals surface area (Å²) in [6.07, 6.45) is 0.729. The van der Waals surface area contributed by atoms with Gasteiger partial charge in [0.05, 0.1) is 10.0 Å². The number of amides is 2. The molecule has 0 spiro atoms. The van der Waals surface area contributed by atoms with Crippen molar-refractivity contribution in [2.75, 3.05) is 12.3 Å². The van der Waals surface area contributed by atoms with Crippen molar-refractivity contribution >= 4 is 46.8 Å². The molecular weight excluding hydrogens is 511 g/mol. The quantitative estimate of drug-likeness (QED) is 0.253. The number of benzene rings is 3. The number of nitrogens with zero attached hydrogens (tertiary/aromatic N) is 1. The van der Waals surface area contributed by atoms with Crippen LogP contribution >= 0.6 is 35.0 Å². The van der Waals surface area contributed by atoms with E-state index in [0.717, 1.165) is 16.0 Å². The summed E-state index contributed by atoms with van der Waals surface area (Å²) in [5, 5.41) is 3.91. The highest BCUT2D eigenvalue weighted by Crippen LogP contribution is 2.25. The summed E-state index contributed by atoms with van der Waals surface area (Å²) < 4.78 is 0. The van der Waals surface area contributed by atoms with Crippen LogP contribution in [0.3, 0.4) is 0 Å². The van der Waals surface area contributed by atoms with E-state index in [4.69, 9.17) is 23.2 Å². The lowest BCUT2D eigenvalue weighted by Gasteiger charge is -2.32. The predicted molar refractivity (Wildman–Crippen MR) is 151 cm³/mol. The van der Waals surface area contributed by atoms with Crippen LogP contribution in [0.15, 0.2) is 83.8 Å². The third-order valence-corrected chi connectivity index (χ3v) is 7.37. The Balaban J connectivity index is 1.86. The summed E-state index contributed by atoms with van der Waals surface area (Å²) in [5.41, 5.74) is 1.82. The average Bonchev–Trinajstić information content (AvgIpc) is 2.88. The normalized spacial score (nSPS) is 11.8. The van der Waals surface area contributed by atoms with Crippen LogP contribution in [0, 0.1) is 5.92 Å². The van der Waals surface area contributed by atoms with Gasteiger partial charge in [-0.2, -0.15) is 0 Å². The molecule has 0 saturated heterocycles. The molecule has 3 aromatic carbocycles. The van der Waals surface area contributed by atoms with Crippen molar-refractivity contribution in [2.45, 2.75) is 44.2 Å². The van der Waals surface area contributed by atoms with Gasteiger partial charge < -0.3 is 10.2 Å². The van der Waals surface area contributed by atoms with Crippen molar-refractivity contribution in [3.8, 4) is 0 Å². The highest BCUT2D eigenvalue weighted by Gasteiger charge is 2.30. The molecule has 1 atom stereocenters. The van der Waals surface area contributed by atoms with Crippen molar-refractivity contribution in [3.05, 3.63) is 100 Å². The molecule has 190 valence electrons. The van der Waals surface area contributed by atoms with E-state index in [1.54, 1.807) is 28.8 Å². The van der Waals surface area contributed by atoms with Crippen LogP contribution in [0.5, 0.6) is 0 Å². The third kappa shape index (κ3) is 8.88. The lowest BCUT2D eigenvalue weighted by molar-refractivity contribution is -0.141. The van der Waals surface area contributed by atoms with Gasteiger partial charge in [0, 0.05) is 36.6 Å². The van der Waals surface area contributed by atoms with Crippen molar-refractivity contribution in [1.29, 1.82) is 0 Å². The Hall–Kier alpha value is -2.47. The van der Waals surface area contributed by atoms with E-state index in [1.807, 2.05) is 80.6 Å². The number of rotatable bonds is 12. The molecule has 0 aromatic heterocycles. The molecule has 0 heterocycles. The Labute approximate surface area is 228 Å². The maximum absolute atomic E-state index is 13.6. The van der Waals surface area contributed by atoms with Gasteiger partial charge in [-0.1, -0.05) is 91.6 Å². The number of carbonyl (C=O) groups is 2. The molecule has 0 aliphatic rings. The second kappa shape index (κ2) is 14.3. The van der Waals surface area contributed by atoms with E-state index in [9.17, 15) is 9.59 Å². The first-order valence-electron chi connectivity index (χ1n) is 12.1. The van der Waals surface area contributed by atoms with Crippen LogP contribution in [0.1, 0.15) is 31.4 Å².